The second-order valence-electron chi connectivity index (χ2n) is 1.75. The van der Waals surface area contributed by atoms with Gasteiger partial charge in [-0.1, -0.05) is 13.3 Å². The van der Waals surface area contributed by atoms with Crippen LogP contribution in [0.2, 0.25) is 0 Å². The van der Waals surface area contributed by atoms with E-state index in [0.29, 0.717) is 6.61 Å². The van der Waals surface area contributed by atoms with Crippen LogP contribution in [-0.2, 0) is 14.6 Å². The average Bonchev–Trinajstić information content (AvgIpc) is 2.02. The molecule has 0 fully saturated rings. The number of hydrogen-bond acceptors (Lipinski definition) is 3. The molecule has 0 heterocycles. The van der Waals surface area contributed by atoms with Gasteiger partial charge in [-0.15, -0.1) is 13.2 Å². The van der Waals surface area contributed by atoms with Crippen LogP contribution < -0.4 is 0 Å². The Hall–Kier alpha value is -0.830. The van der Waals surface area contributed by atoms with Crippen molar-refractivity contribution in [3.8, 4) is 0 Å². The monoisotopic (exact) mass is 160 g/mol. The molecule has 66 valence electrons. The zero-order valence-electron chi connectivity index (χ0n) is 7.26. The largest absolute Gasteiger partial charge is 0.339 e. The molecular weight excluding hydrogens is 144 g/mol. The number of hydrogen-bond donors (Lipinski definition) is 0. The third-order valence-electron chi connectivity index (χ3n) is 0.758. The van der Waals surface area contributed by atoms with Crippen molar-refractivity contribution < 1.29 is 14.6 Å². The van der Waals surface area contributed by atoms with E-state index in [9.17, 15) is 4.79 Å². The summed E-state index contributed by atoms with van der Waals surface area (Å²) in [6.07, 6.45) is 1.97. The highest BCUT2D eigenvalue weighted by Crippen LogP contribution is 1.88. The van der Waals surface area contributed by atoms with Gasteiger partial charge < -0.3 is 0 Å². The Kier molecular flexibility index (Phi) is 13.9. The van der Waals surface area contributed by atoms with Gasteiger partial charge in [0.05, 0.1) is 6.61 Å². The van der Waals surface area contributed by atoms with Crippen molar-refractivity contribution in [1.82, 2.24) is 0 Å². The first kappa shape index (κ1) is 12.8. The smallest absolute Gasteiger partial charge is 0.299 e. The maximum atomic E-state index is 10.1. The van der Waals surface area contributed by atoms with Crippen LogP contribution in [0.25, 0.3) is 0 Å². The molecule has 3 heteroatoms. The van der Waals surface area contributed by atoms with E-state index in [4.69, 9.17) is 0 Å². The molecule has 3 nitrogen and oxygen atoms in total. The van der Waals surface area contributed by atoms with Gasteiger partial charge in [-0.2, -0.15) is 4.89 Å². The van der Waals surface area contributed by atoms with Gasteiger partial charge >= 0.3 is 5.97 Å². The van der Waals surface area contributed by atoms with E-state index in [1.54, 1.807) is 0 Å². The minimum atomic E-state index is -0.397. The van der Waals surface area contributed by atoms with Crippen LogP contribution in [0, 0.1) is 0 Å². The van der Waals surface area contributed by atoms with Crippen LogP contribution in [0.15, 0.2) is 13.2 Å². The SMILES string of the molecule is C=C.CCCCOOC(C)=O. The van der Waals surface area contributed by atoms with Crippen molar-refractivity contribution in [1.29, 1.82) is 0 Å². The molecule has 0 N–H and O–H groups in total. The van der Waals surface area contributed by atoms with E-state index in [1.165, 1.54) is 6.92 Å². The van der Waals surface area contributed by atoms with Crippen molar-refractivity contribution in [2.45, 2.75) is 26.7 Å². The van der Waals surface area contributed by atoms with Gasteiger partial charge in [-0.3, -0.25) is 4.89 Å². The van der Waals surface area contributed by atoms with Crippen LogP contribution in [0.5, 0.6) is 0 Å². The first-order valence-electron chi connectivity index (χ1n) is 3.57. The summed E-state index contributed by atoms with van der Waals surface area (Å²) in [6, 6.07) is 0. The summed E-state index contributed by atoms with van der Waals surface area (Å²) >= 11 is 0. The third-order valence-corrected chi connectivity index (χ3v) is 0.758. The van der Waals surface area contributed by atoms with Gasteiger partial charge in [0.1, 0.15) is 0 Å². The van der Waals surface area contributed by atoms with Crippen molar-refractivity contribution in [3.63, 3.8) is 0 Å². The molecular formula is C8H16O3. The van der Waals surface area contributed by atoms with Gasteiger partial charge in [0.15, 0.2) is 0 Å². The summed E-state index contributed by atoms with van der Waals surface area (Å²) in [7, 11) is 0. The molecule has 0 rings (SSSR count). The van der Waals surface area contributed by atoms with Crippen LogP contribution in [0.4, 0.5) is 0 Å². The molecule has 0 aromatic heterocycles. The lowest BCUT2D eigenvalue weighted by molar-refractivity contribution is -0.270. The Labute approximate surface area is 67.9 Å². The summed E-state index contributed by atoms with van der Waals surface area (Å²) < 4.78 is 0. The molecule has 0 aliphatic carbocycles. The highest BCUT2D eigenvalue weighted by molar-refractivity contribution is 5.65. The number of carbonyl (C=O) groups is 1. The third kappa shape index (κ3) is 17.6. The molecule has 0 aromatic rings. The van der Waals surface area contributed by atoms with E-state index in [1.807, 2.05) is 6.92 Å². The van der Waals surface area contributed by atoms with E-state index in [0.717, 1.165) is 12.8 Å². The first-order valence-corrected chi connectivity index (χ1v) is 3.57. The van der Waals surface area contributed by atoms with Crippen molar-refractivity contribution in [2.75, 3.05) is 6.61 Å². The van der Waals surface area contributed by atoms with Gasteiger partial charge in [0.25, 0.3) is 0 Å². The molecule has 0 atom stereocenters. The minimum absolute atomic E-state index is 0.397. The highest BCUT2D eigenvalue weighted by atomic mass is 17.2. The lowest BCUT2D eigenvalue weighted by Gasteiger charge is -1.97. The normalized spacial score (nSPS) is 7.82. The molecule has 0 aliphatic heterocycles. The molecule has 0 amide bonds. The first-order chi connectivity index (χ1) is 5.27. The van der Waals surface area contributed by atoms with Crippen LogP contribution >= 0.6 is 0 Å². The lowest BCUT2D eigenvalue weighted by Crippen LogP contribution is -2.00. The van der Waals surface area contributed by atoms with E-state index in [2.05, 4.69) is 22.9 Å². The standard InChI is InChI=1S/C6H12O3.C2H4/c1-3-4-5-8-9-6(2)7;1-2/h3-5H2,1-2H3;1-2H2. The zero-order valence-corrected chi connectivity index (χ0v) is 7.26. The Morgan fingerprint density at radius 2 is 2.00 bits per heavy atom. The Morgan fingerprint density at radius 3 is 2.36 bits per heavy atom. The molecule has 0 radical (unpaired) electrons. The van der Waals surface area contributed by atoms with Crippen molar-refractivity contribution in [2.24, 2.45) is 0 Å². The lowest BCUT2D eigenvalue weighted by atomic mass is 10.4. The van der Waals surface area contributed by atoms with E-state index in [-0.39, 0.29) is 0 Å². The molecule has 0 unspecified atom stereocenters. The fourth-order valence-electron chi connectivity index (χ4n) is 0.328. The maximum Gasteiger partial charge on any atom is 0.339 e. The Bertz CT molecular complexity index is 91.3. The van der Waals surface area contributed by atoms with Crippen LogP contribution in [-0.4, -0.2) is 12.6 Å². The fourth-order valence-corrected chi connectivity index (χ4v) is 0.328. The predicted octanol–water partition coefficient (Wildman–Crippen LogP) is 2.08. The van der Waals surface area contributed by atoms with Gasteiger partial charge in [0.2, 0.25) is 0 Å². The van der Waals surface area contributed by atoms with E-state index >= 15 is 0 Å². The van der Waals surface area contributed by atoms with Crippen LogP contribution in [0.1, 0.15) is 26.7 Å². The molecule has 0 bridgehead atoms. The van der Waals surface area contributed by atoms with Gasteiger partial charge in [-0.25, -0.2) is 4.79 Å². The summed E-state index contributed by atoms with van der Waals surface area (Å²) in [5.74, 6) is -0.397. The Morgan fingerprint density at radius 1 is 1.45 bits per heavy atom. The molecule has 0 aliphatic rings. The summed E-state index contributed by atoms with van der Waals surface area (Å²) in [5.41, 5.74) is 0. The molecule has 0 saturated carbocycles. The topological polar surface area (TPSA) is 35.5 Å². The minimum Gasteiger partial charge on any atom is -0.299 e. The Balaban J connectivity index is 0. The number of rotatable bonds is 4. The van der Waals surface area contributed by atoms with Gasteiger partial charge in [-0.05, 0) is 6.42 Å². The van der Waals surface area contributed by atoms with Crippen LogP contribution in [0.3, 0.4) is 0 Å². The molecule has 0 spiro atoms. The highest BCUT2D eigenvalue weighted by Gasteiger charge is 1.90. The van der Waals surface area contributed by atoms with Gasteiger partial charge in [0, 0.05) is 6.92 Å². The summed E-state index contributed by atoms with van der Waals surface area (Å²) in [5, 5.41) is 0. The van der Waals surface area contributed by atoms with E-state index < -0.39 is 5.97 Å². The second kappa shape index (κ2) is 11.9. The average molecular weight is 160 g/mol. The second-order valence-corrected chi connectivity index (χ2v) is 1.75. The van der Waals surface area contributed by atoms with Crippen molar-refractivity contribution in [3.05, 3.63) is 13.2 Å². The quantitative estimate of drug-likeness (QED) is 0.273. The number of carbonyl (C=O) groups excluding carboxylic acids is 1. The predicted molar refractivity (Wildman–Crippen MR) is 43.9 cm³/mol. The fraction of sp³-hybridized carbons (Fsp3) is 0.625. The zero-order chi connectivity index (χ0) is 9.11. The summed E-state index contributed by atoms with van der Waals surface area (Å²) in [6.45, 7) is 9.85. The molecule has 11 heavy (non-hydrogen) atoms. The van der Waals surface area contributed by atoms with Crippen molar-refractivity contribution >= 4 is 5.97 Å². The molecule has 0 saturated heterocycles. The molecule has 0 aromatic carbocycles. The maximum absolute atomic E-state index is 10.1. The summed E-state index contributed by atoms with van der Waals surface area (Å²) in [4.78, 5) is 18.8. The number of unbranched alkanes of at least 4 members (excludes halogenated alkanes) is 1.